The zero-order chi connectivity index (χ0) is 20.4. The number of amides is 4. The summed E-state index contributed by atoms with van der Waals surface area (Å²) >= 11 is 0. The maximum absolute atomic E-state index is 12.9. The minimum Gasteiger partial charge on any atom is -0.354 e. The predicted octanol–water partition coefficient (Wildman–Crippen LogP) is 2.65. The van der Waals surface area contributed by atoms with Gasteiger partial charge in [0, 0.05) is 24.8 Å². The number of nitrogens with one attached hydrogen (secondary N) is 2. The van der Waals surface area contributed by atoms with Crippen LogP contribution in [0.25, 0.3) is 10.9 Å². The molecule has 7 heteroatoms. The zero-order valence-electron chi connectivity index (χ0n) is 16.8. The van der Waals surface area contributed by atoms with Crippen LogP contribution < -0.4 is 10.6 Å². The molecule has 1 saturated heterocycles. The van der Waals surface area contributed by atoms with Crippen molar-refractivity contribution in [2.24, 2.45) is 5.92 Å². The van der Waals surface area contributed by atoms with Crippen LogP contribution in [0.4, 0.5) is 4.79 Å². The molecule has 4 rings (SSSR count). The topological polar surface area (TPSA) is 83.4 Å². The van der Waals surface area contributed by atoms with Crippen molar-refractivity contribution in [1.82, 2.24) is 20.1 Å². The molecule has 1 aliphatic carbocycles. The van der Waals surface area contributed by atoms with E-state index >= 15 is 0 Å². The maximum Gasteiger partial charge on any atom is 0.325 e. The summed E-state index contributed by atoms with van der Waals surface area (Å²) in [6.07, 6.45) is 6.38. The van der Waals surface area contributed by atoms with Gasteiger partial charge in [-0.15, -0.1) is 0 Å². The number of fused-ring (bicyclic) bond motifs is 1. The zero-order valence-corrected chi connectivity index (χ0v) is 16.8. The molecule has 1 saturated carbocycles. The highest BCUT2D eigenvalue weighted by atomic mass is 16.2. The first-order chi connectivity index (χ1) is 14.0. The summed E-state index contributed by atoms with van der Waals surface area (Å²) in [6, 6.07) is 9.81. The SMILES string of the molecule is CC1CCCCC12NC(=O)N(CC(=O)NCCCn1ccc3ccccc31)C2=O. The van der Waals surface area contributed by atoms with Crippen molar-refractivity contribution in [2.75, 3.05) is 13.1 Å². The molecule has 29 heavy (non-hydrogen) atoms. The molecule has 4 amide bonds. The summed E-state index contributed by atoms with van der Waals surface area (Å²) in [6.45, 7) is 3.07. The number of nitrogens with zero attached hydrogens (tertiary/aromatic N) is 2. The van der Waals surface area contributed by atoms with Crippen molar-refractivity contribution in [2.45, 2.75) is 51.1 Å². The lowest BCUT2D eigenvalue weighted by atomic mass is 9.73. The summed E-state index contributed by atoms with van der Waals surface area (Å²) in [5, 5.41) is 6.91. The molecule has 1 spiro atoms. The first kappa shape index (κ1) is 19.5. The number of urea groups is 1. The van der Waals surface area contributed by atoms with Crippen LogP contribution in [-0.2, 0) is 16.1 Å². The van der Waals surface area contributed by atoms with E-state index in [1.807, 2.05) is 25.3 Å². The molecule has 0 radical (unpaired) electrons. The standard InChI is InChI=1S/C22H28N4O3/c1-16-7-4-5-11-22(16)20(28)26(21(29)24-22)15-19(27)23-12-6-13-25-14-10-17-8-2-3-9-18(17)25/h2-3,8-10,14,16H,4-7,11-13,15H2,1H3,(H,23,27)(H,24,29). The van der Waals surface area contributed by atoms with Crippen LogP contribution in [0.15, 0.2) is 36.5 Å². The molecule has 2 aromatic rings. The van der Waals surface area contributed by atoms with E-state index in [0.717, 1.165) is 37.1 Å². The van der Waals surface area contributed by atoms with Gasteiger partial charge < -0.3 is 15.2 Å². The van der Waals surface area contributed by atoms with Crippen molar-refractivity contribution >= 4 is 28.7 Å². The number of para-hydroxylation sites is 1. The fraction of sp³-hybridized carbons (Fsp3) is 0.500. The fourth-order valence-electron chi connectivity index (χ4n) is 4.65. The highest BCUT2D eigenvalue weighted by Gasteiger charge is 2.55. The molecule has 2 atom stereocenters. The van der Waals surface area contributed by atoms with Gasteiger partial charge in [-0.2, -0.15) is 0 Å². The van der Waals surface area contributed by atoms with Crippen molar-refractivity contribution in [3.63, 3.8) is 0 Å². The summed E-state index contributed by atoms with van der Waals surface area (Å²) in [5.74, 6) is -0.452. The lowest BCUT2D eigenvalue weighted by Gasteiger charge is -2.36. The number of hydrogen-bond acceptors (Lipinski definition) is 3. The first-order valence-corrected chi connectivity index (χ1v) is 10.5. The predicted molar refractivity (Wildman–Crippen MR) is 110 cm³/mol. The van der Waals surface area contributed by atoms with Crippen LogP contribution in [0.3, 0.4) is 0 Å². The molecule has 0 bridgehead atoms. The lowest BCUT2D eigenvalue weighted by Crippen LogP contribution is -2.54. The normalized spacial score (nSPS) is 24.3. The van der Waals surface area contributed by atoms with E-state index in [4.69, 9.17) is 0 Å². The number of hydrogen-bond donors (Lipinski definition) is 2. The monoisotopic (exact) mass is 396 g/mol. The average molecular weight is 396 g/mol. The second kappa shape index (κ2) is 7.89. The Morgan fingerprint density at radius 2 is 2.07 bits per heavy atom. The van der Waals surface area contributed by atoms with Gasteiger partial charge in [0.2, 0.25) is 5.91 Å². The fourth-order valence-corrected chi connectivity index (χ4v) is 4.65. The highest BCUT2D eigenvalue weighted by molar-refractivity contribution is 6.09. The van der Waals surface area contributed by atoms with Crippen molar-refractivity contribution in [3.05, 3.63) is 36.5 Å². The molecular weight excluding hydrogens is 368 g/mol. The molecule has 2 aliphatic rings. The van der Waals surface area contributed by atoms with Crippen molar-refractivity contribution < 1.29 is 14.4 Å². The van der Waals surface area contributed by atoms with E-state index in [2.05, 4.69) is 33.4 Å². The molecule has 2 N–H and O–H groups in total. The largest absolute Gasteiger partial charge is 0.354 e. The van der Waals surface area contributed by atoms with Gasteiger partial charge in [-0.25, -0.2) is 4.79 Å². The Balaban J connectivity index is 1.27. The number of carbonyl (C=O) groups excluding carboxylic acids is 3. The Kier molecular flexibility index (Phi) is 5.30. The molecule has 1 aromatic carbocycles. The number of aromatic nitrogens is 1. The average Bonchev–Trinajstić information content (AvgIpc) is 3.23. The van der Waals surface area contributed by atoms with Gasteiger partial charge in [-0.1, -0.05) is 38.0 Å². The third-order valence-corrected chi connectivity index (χ3v) is 6.38. The van der Waals surface area contributed by atoms with Gasteiger partial charge in [-0.3, -0.25) is 14.5 Å². The molecule has 2 heterocycles. The van der Waals surface area contributed by atoms with Crippen LogP contribution in [0.1, 0.15) is 39.0 Å². The molecule has 2 unspecified atom stereocenters. The van der Waals surface area contributed by atoms with E-state index in [9.17, 15) is 14.4 Å². The smallest absolute Gasteiger partial charge is 0.325 e. The van der Waals surface area contributed by atoms with Crippen LogP contribution >= 0.6 is 0 Å². The molecule has 1 aromatic heterocycles. The number of rotatable bonds is 6. The second-order valence-electron chi connectivity index (χ2n) is 8.21. The number of aryl methyl sites for hydroxylation is 1. The molecule has 7 nitrogen and oxygen atoms in total. The van der Waals surface area contributed by atoms with Gasteiger partial charge in [0.05, 0.1) is 0 Å². The quantitative estimate of drug-likeness (QED) is 0.582. The van der Waals surface area contributed by atoms with E-state index in [-0.39, 0.29) is 24.3 Å². The third kappa shape index (κ3) is 3.61. The summed E-state index contributed by atoms with van der Waals surface area (Å²) in [7, 11) is 0. The van der Waals surface area contributed by atoms with Gasteiger partial charge in [0.15, 0.2) is 0 Å². The summed E-state index contributed by atoms with van der Waals surface area (Å²) in [4.78, 5) is 38.7. The highest BCUT2D eigenvalue weighted by Crippen LogP contribution is 2.38. The molecule has 154 valence electrons. The van der Waals surface area contributed by atoms with E-state index in [1.165, 1.54) is 10.9 Å². The van der Waals surface area contributed by atoms with E-state index in [0.29, 0.717) is 13.0 Å². The van der Waals surface area contributed by atoms with Gasteiger partial charge in [0.1, 0.15) is 12.1 Å². The Bertz CT molecular complexity index is 937. The lowest BCUT2D eigenvalue weighted by molar-refractivity contribution is -0.137. The van der Waals surface area contributed by atoms with Gasteiger partial charge >= 0.3 is 6.03 Å². The summed E-state index contributed by atoms with van der Waals surface area (Å²) < 4.78 is 2.16. The van der Waals surface area contributed by atoms with Gasteiger partial charge in [-0.05, 0) is 42.7 Å². The minimum absolute atomic E-state index is 0.0946. The van der Waals surface area contributed by atoms with Crippen LogP contribution in [0, 0.1) is 5.92 Å². The Labute approximate surface area is 170 Å². The second-order valence-corrected chi connectivity index (χ2v) is 8.21. The van der Waals surface area contributed by atoms with Crippen molar-refractivity contribution in [1.29, 1.82) is 0 Å². The van der Waals surface area contributed by atoms with Crippen LogP contribution in [0.5, 0.6) is 0 Å². The Morgan fingerprint density at radius 1 is 1.24 bits per heavy atom. The molecule has 2 fully saturated rings. The first-order valence-electron chi connectivity index (χ1n) is 10.5. The molecular formula is C22H28N4O3. The van der Waals surface area contributed by atoms with E-state index < -0.39 is 11.6 Å². The van der Waals surface area contributed by atoms with Crippen LogP contribution in [-0.4, -0.2) is 45.9 Å². The molecule has 1 aliphatic heterocycles. The Hall–Kier alpha value is -2.83. The maximum atomic E-state index is 12.9. The number of carbonyl (C=O) groups is 3. The third-order valence-electron chi connectivity index (χ3n) is 6.38. The van der Waals surface area contributed by atoms with Gasteiger partial charge in [0.25, 0.3) is 5.91 Å². The summed E-state index contributed by atoms with van der Waals surface area (Å²) in [5.41, 5.74) is 0.357. The van der Waals surface area contributed by atoms with E-state index in [1.54, 1.807) is 0 Å². The number of imide groups is 1. The Morgan fingerprint density at radius 3 is 2.90 bits per heavy atom. The minimum atomic E-state index is -0.814. The van der Waals surface area contributed by atoms with Crippen LogP contribution in [0.2, 0.25) is 0 Å². The van der Waals surface area contributed by atoms with Crippen molar-refractivity contribution in [3.8, 4) is 0 Å². The number of benzene rings is 1.